The molecule has 10 nitrogen and oxygen atoms in total. The van der Waals surface area contributed by atoms with E-state index < -0.39 is 9.84 Å². The van der Waals surface area contributed by atoms with Crippen molar-refractivity contribution in [1.82, 2.24) is 24.7 Å². The van der Waals surface area contributed by atoms with E-state index in [0.29, 0.717) is 31.4 Å². The Morgan fingerprint density at radius 1 is 1.23 bits per heavy atom. The molecule has 3 aliphatic heterocycles. The van der Waals surface area contributed by atoms with Gasteiger partial charge in [0.05, 0.1) is 17.2 Å². The molecule has 0 aromatic carbocycles. The molecule has 4 heterocycles. The Balaban J connectivity index is 0.000000806. The van der Waals surface area contributed by atoms with Gasteiger partial charge in [-0.05, 0) is 26.9 Å². The predicted molar refractivity (Wildman–Crippen MR) is 110 cm³/mol. The highest BCUT2D eigenvalue weighted by atomic mass is 32.2. The van der Waals surface area contributed by atoms with Gasteiger partial charge in [0.2, 0.25) is 0 Å². The minimum atomic E-state index is -3.01. The average Bonchev–Trinajstić information content (AvgIpc) is 3.28. The summed E-state index contributed by atoms with van der Waals surface area (Å²) in [6.45, 7) is 2.58. The van der Waals surface area contributed by atoms with Crippen molar-refractivity contribution in [3.8, 4) is 0 Å². The SMILES string of the molecule is CN(C)[C@H]1CS(=O)(=O)[C@H]2CN(C3CCN(C(=O)c4cnccn4)CC3)C[C@@H]12.O=CO. The summed E-state index contributed by atoms with van der Waals surface area (Å²) in [6.07, 6.45) is 6.34. The molecule has 1 amide bonds. The number of fused-ring (bicyclic) bond motifs is 1. The molecule has 0 spiro atoms. The van der Waals surface area contributed by atoms with Crippen LogP contribution in [0, 0.1) is 5.92 Å². The first-order valence-corrected chi connectivity index (χ1v) is 11.7. The van der Waals surface area contributed by atoms with Crippen LogP contribution in [0.1, 0.15) is 23.3 Å². The van der Waals surface area contributed by atoms with Gasteiger partial charge in [0.25, 0.3) is 12.4 Å². The molecule has 1 N–H and O–H groups in total. The fourth-order valence-corrected chi connectivity index (χ4v) is 7.39. The van der Waals surface area contributed by atoms with Crippen molar-refractivity contribution in [3.63, 3.8) is 0 Å². The van der Waals surface area contributed by atoms with E-state index in [0.717, 1.165) is 19.4 Å². The van der Waals surface area contributed by atoms with Crippen molar-refractivity contribution in [2.24, 2.45) is 5.92 Å². The molecule has 0 saturated carbocycles. The van der Waals surface area contributed by atoms with E-state index in [1.165, 1.54) is 12.4 Å². The lowest BCUT2D eigenvalue weighted by molar-refractivity contribution is -0.122. The van der Waals surface area contributed by atoms with Crippen molar-refractivity contribution in [1.29, 1.82) is 0 Å². The van der Waals surface area contributed by atoms with Crippen LogP contribution in [0.15, 0.2) is 18.6 Å². The summed E-state index contributed by atoms with van der Waals surface area (Å²) < 4.78 is 25.1. The lowest BCUT2D eigenvalue weighted by Crippen LogP contribution is -2.47. The molecule has 0 aliphatic carbocycles. The number of rotatable bonds is 3. The van der Waals surface area contributed by atoms with Crippen LogP contribution in [-0.2, 0) is 14.6 Å². The van der Waals surface area contributed by atoms with Gasteiger partial charge in [-0.3, -0.25) is 19.5 Å². The van der Waals surface area contributed by atoms with Gasteiger partial charge in [0, 0.05) is 56.6 Å². The molecule has 0 bridgehead atoms. The molecule has 166 valence electrons. The number of aromatic nitrogens is 2. The average molecular weight is 440 g/mol. The first kappa shape index (κ1) is 22.6. The molecule has 0 unspecified atom stereocenters. The number of carbonyl (C=O) groups excluding carboxylic acids is 1. The van der Waals surface area contributed by atoms with E-state index in [2.05, 4.69) is 19.8 Å². The van der Waals surface area contributed by atoms with Crippen molar-refractivity contribution in [2.75, 3.05) is 46.0 Å². The molecule has 3 aliphatic rings. The second kappa shape index (κ2) is 9.36. The molecule has 1 aromatic heterocycles. The Labute approximate surface area is 176 Å². The maximum atomic E-state index is 12.6. The summed E-state index contributed by atoms with van der Waals surface area (Å²) in [4.78, 5) is 35.2. The van der Waals surface area contributed by atoms with Crippen LogP contribution in [0.4, 0.5) is 0 Å². The second-order valence-electron chi connectivity index (χ2n) is 8.24. The van der Waals surface area contributed by atoms with Gasteiger partial charge >= 0.3 is 0 Å². The predicted octanol–water partition coefficient (Wildman–Crippen LogP) is -0.559. The van der Waals surface area contributed by atoms with Crippen LogP contribution in [0.3, 0.4) is 0 Å². The maximum absolute atomic E-state index is 12.6. The third-order valence-electron chi connectivity index (χ3n) is 6.41. The molecular weight excluding hydrogens is 410 g/mol. The van der Waals surface area contributed by atoms with Gasteiger partial charge in [-0.2, -0.15) is 0 Å². The first-order valence-electron chi connectivity index (χ1n) is 10.0. The van der Waals surface area contributed by atoms with Crippen molar-refractivity contribution < 1.29 is 23.1 Å². The summed E-state index contributed by atoms with van der Waals surface area (Å²) >= 11 is 0. The fourth-order valence-electron chi connectivity index (χ4n) is 4.90. The van der Waals surface area contributed by atoms with Crippen LogP contribution in [0.25, 0.3) is 0 Å². The zero-order valence-corrected chi connectivity index (χ0v) is 18.1. The summed E-state index contributed by atoms with van der Waals surface area (Å²) in [6, 6.07) is 0.461. The number of piperidine rings is 1. The van der Waals surface area contributed by atoms with E-state index in [1.807, 2.05) is 19.0 Å². The van der Waals surface area contributed by atoms with Gasteiger partial charge < -0.3 is 14.9 Å². The van der Waals surface area contributed by atoms with Gasteiger partial charge in [0.15, 0.2) is 9.84 Å². The normalized spacial score (nSPS) is 28.6. The van der Waals surface area contributed by atoms with Gasteiger partial charge in [-0.1, -0.05) is 0 Å². The van der Waals surface area contributed by atoms with Crippen LogP contribution < -0.4 is 0 Å². The molecule has 1 aromatic rings. The third kappa shape index (κ3) is 4.62. The maximum Gasteiger partial charge on any atom is 0.290 e. The summed E-state index contributed by atoms with van der Waals surface area (Å²) in [5.74, 6) is 0.410. The smallest absolute Gasteiger partial charge is 0.290 e. The zero-order valence-electron chi connectivity index (χ0n) is 17.3. The molecule has 3 saturated heterocycles. The number of sulfone groups is 1. The number of carboxylic acid groups (broad SMARTS) is 1. The standard InChI is InChI=1S/C18H27N5O3S.CH2O2/c1-21(2)16-12-27(25,26)17-11-23(10-14(16)17)13-3-7-22(8-4-13)18(24)15-9-19-5-6-20-15;2-1-3/h5-6,9,13-14,16-17H,3-4,7-8,10-12H2,1-2H3;1H,(H,2,3)/t14-,16-,17-;/m0./s1. The highest BCUT2D eigenvalue weighted by molar-refractivity contribution is 7.92. The second-order valence-corrected chi connectivity index (χ2v) is 10.5. The van der Waals surface area contributed by atoms with E-state index in [-0.39, 0.29) is 35.3 Å². The number of carbonyl (C=O) groups is 2. The lowest BCUT2D eigenvalue weighted by atomic mass is 9.99. The first-order chi connectivity index (χ1) is 14.3. The Bertz CT molecular complexity index is 842. The topological polar surface area (TPSA) is 124 Å². The van der Waals surface area contributed by atoms with Crippen LogP contribution in [-0.4, -0.2) is 114 Å². The molecule has 11 heteroatoms. The summed E-state index contributed by atoms with van der Waals surface area (Å²) in [5, 5.41) is 6.66. The minimum Gasteiger partial charge on any atom is -0.483 e. The lowest BCUT2D eigenvalue weighted by Gasteiger charge is -2.37. The van der Waals surface area contributed by atoms with Gasteiger partial charge in [-0.15, -0.1) is 0 Å². The van der Waals surface area contributed by atoms with E-state index in [1.54, 1.807) is 6.20 Å². The Kier molecular flexibility index (Phi) is 7.04. The number of nitrogens with zero attached hydrogens (tertiary/aromatic N) is 5. The quantitative estimate of drug-likeness (QED) is 0.617. The van der Waals surface area contributed by atoms with Gasteiger partial charge in [0.1, 0.15) is 5.69 Å². The minimum absolute atomic E-state index is 0.0740. The Hall–Kier alpha value is -2.11. The molecule has 30 heavy (non-hydrogen) atoms. The summed E-state index contributed by atoms with van der Waals surface area (Å²) in [5.41, 5.74) is 0.381. The largest absolute Gasteiger partial charge is 0.483 e. The van der Waals surface area contributed by atoms with Crippen molar-refractivity contribution in [3.05, 3.63) is 24.3 Å². The number of hydrogen-bond acceptors (Lipinski definition) is 8. The number of hydrogen-bond donors (Lipinski definition) is 1. The highest BCUT2D eigenvalue weighted by Crippen LogP contribution is 2.37. The Morgan fingerprint density at radius 2 is 1.90 bits per heavy atom. The molecule has 0 radical (unpaired) electrons. The van der Waals surface area contributed by atoms with Crippen LogP contribution in [0.2, 0.25) is 0 Å². The van der Waals surface area contributed by atoms with E-state index >= 15 is 0 Å². The van der Waals surface area contributed by atoms with E-state index in [4.69, 9.17) is 9.90 Å². The fraction of sp³-hybridized carbons (Fsp3) is 0.684. The molecule has 3 fully saturated rings. The number of amides is 1. The molecule has 3 atom stereocenters. The molecular formula is C19H29N5O5S. The third-order valence-corrected chi connectivity index (χ3v) is 8.64. The zero-order chi connectivity index (χ0) is 21.9. The van der Waals surface area contributed by atoms with Crippen molar-refractivity contribution in [2.45, 2.75) is 30.2 Å². The van der Waals surface area contributed by atoms with Gasteiger partial charge in [-0.25, -0.2) is 13.4 Å². The van der Waals surface area contributed by atoms with Crippen LogP contribution >= 0.6 is 0 Å². The number of likely N-dealkylation sites (tertiary alicyclic amines) is 2. The molecule has 4 rings (SSSR count). The van der Waals surface area contributed by atoms with Crippen molar-refractivity contribution >= 4 is 22.2 Å². The summed E-state index contributed by atoms with van der Waals surface area (Å²) in [7, 11) is 0.935. The highest BCUT2D eigenvalue weighted by Gasteiger charge is 2.53. The van der Waals surface area contributed by atoms with Crippen LogP contribution in [0.5, 0.6) is 0 Å². The Morgan fingerprint density at radius 3 is 2.47 bits per heavy atom. The monoisotopic (exact) mass is 439 g/mol. The van der Waals surface area contributed by atoms with E-state index in [9.17, 15) is 13.2 Å².